The van der Waals surface area contributed by atoms with Crippen LogP contribution in [0.2, 0.25) is 0 Å². The first-order valence-corrected chi connectivity index (χ1v) is 6.76. The SMILES string of the molecule is CC1(C2=N[N]C=C2)CCCCCCCCC1. The van der Waals surface area contributed by atoms with E-state index >= 15 is 0 Å². The van der Waals surface area contributed by atoms with Gasteiger partial charge in [0.25, 0.3) is 0 Å². The van der Waals surface area contributed by atoms with E-state index in [4.69, 9.17) is 0 Å². The molecular weight excluding hydrogens is 196 g/mol. The Bertz CT molecular complexity index is 268. The van der Waals surface area contributed by atoms with Crippen molar-refractivity contribution in [3.8, 4) is 0 Å². The Morgan fingerprint density at radius 2 is 1.50 bits per heavy atom. The van der Waals surface area contributed by atoms with Crippen molar-refractivity contribution < 1.29 is 0 Å². The van der Waals surface area contributed by atoms with E-state index in [1.165, 1.54) is 63.5 Å². The maximum atomic E-state index is 4.29. The van der Waals surface area contributed by atoms with Crippen LogP contribution in [0.1, 0.15) is 64.7 Å². The largest absolute Gasteiger partial charge is 0.159 e. The van der Waals surface area contributed by atoms with E-state index in [0.29, 0.717) is 0 Å². The summed E-state index contributed by atoms with van der Waals surface area (Å²) in [5.74, 6) is 0. The summed E-state index contributed by atoms with van der Waals surface area (Å²) in [4.78, 5) is 0. The summed E-state index contributed by atoms with van der Waals surface area (Å²) in [5.41, 5.74) is 5.49. The zero-order valence-corrected chi connectivity index (χ0v) is 10.4. The first kappa shape index (κ1) is 11.7. The number of rotatable bonds is 1. The Kier molecular flexibility index (Phi) is 4.03. The van der Waals surface area contributed by atoms with Gasteiger partial charge in [0.2, 0.25) is 0 Å². The van der Waals surface area contributed by atoms with E-state index in [-0.39, 0.29) is 5.41 Å². The first-order valence-electron chi connectivity index (χ1n) is 6.76. The third-order valence-corrected chi connectivity index (χ3v) is 4.04. The van der Waals surface area contributed by atoms with Crippen molar-refractivity contribution in [3.63, 3.8) is 0 Å². The topological polar surface area (TPSA) is 26.5 Å². The molecule has 1 fully saturated rings. The predicted octanol–water partition coefficient (Wildman–Crippen LogP) is 4.00. The molecule has 2 nitrogen and oxygen atoms in total. The second-order valence-corrected chi connectivity index (χ2v) is 5.45. The van der Waals surface area contributed by atoms with Gasteiger partial charge >= 0.3 is 0 Å². The van der Waals surface area contributed by atoms with Gasteiger partial charge in [-0.25, -0.2) is 0 Å². The predicted molar refractivity (Wildman–Crippen MR) is 68.4 cm³/mol. The molecule has 0 saturated heterocycles. The third-order valence-electron chi connectivity index (χ3n) is 4.04. The van der Waals surface area contributed by atoms with Crippen LogP contribution in [-0.2, 0) is 0 Å². The van der Waals surface area contributed by atoms with Crippen molar-refractivity contribution in [2.24, 2.45) is 10.5 Å². The van der Waals surface area contributed by atoms with Gasteiger partial charge in [-0.1, -0.05) is 51.9 Å². The average Bonchev–Trinajstić information content (AvgIpc) is 2.81. The smallest absolute Gasteiger partial charge is 0.0705 e. The van der Waals surface area contributed by atoms with E-state index in [1.54, 1.807) is 0 Å². The number of hydrogen-bond donors (Lipinski definition) is 0. The van der Waals surface area contributed by atoms with Gasteiger partial charge < -0.3 is 0 Å². The molecule has 0 aromatic heterocycles. The van der Waals surface area contributed by atoms with Crippen LogP contribution in [0.5, 0.6) is 0 Å². The van der Waals surface area contributed by atoms with Crippen LogP contribution in [0.15, 0.2) is 17.4 Å². The summed E-state index contributed by atoms with van der Waals surface area (Å²) in [7, 11) is 0. The van der Waals surface area contributed by atoms with Gasteiger partial charge in [0.1, 0.15) is 0 Å². The monoisotopic (exact) mass is 219 g/mol. The van der Waals surface area contributed by atoms with E-state index in [9.17, 15) is 0 Å². The van der Waals surface area contributed by atoms with Gasteiger partial charge in [-0.2, -0.15) is 10.5 Å². The van der Waals surface area contributed by atoms with Crippen LogP contribution in [0.25, 0.3) is 0 Å². The minimum Gasteiger partial charge on any atom is -0.159 e. The molecule has 0 spiro atoms. The lowest BCUT2D eigenvalue weighted by Crippen LogP contribution is -2.26. The highest BCUT2D eigenvalue weighted by molar-refractivity contribution is 6.00. The summed E-state index contributed by atoms with van der Waals surface area (Å²) in [5, 5.41) is 4.29. The molecule has 2 rings (SSSR count). The molecule has 0 bridgehead atoms. The average molecular weight is 219 g/mol. The Morgan fingerprint density at radius 1 is 0.938 bits per heavy atom. The summed E-state index contributed by atoms with van der Waals surface area (Å²) < 4.78 is 0. The second-order valence-electron chi connectivity index (χ2n) is 5.45. The highest BCUT2D eigenvalue weighted by atomic mass is 15.3. The Morgan fingerprint density at radius 3 is 2.00 bits per heavy atom. The van der Waals surface area contributed by atoms with Crippen LogP contribution in [0.4, 0.5) is 0 Å². The molecule has 0 N–H and O–H groups in total. The van der Waals surface area contributed by atoms with Crippen LogP contribution < -0.4 is 5.43 Å². The molecule has 2 aliphatic rings. The quantitative estimate of drug-likeness (QED) is 0.637. The Balaban J connectivity index is 2.00. The summed E-state index contributed by atoms with van der Waals surface area (Å²) in [6.45, 7) is 2.37. The number of nitrogens with zero attached hydrogens (tertiary/aromatic N) is 2. The minimum atomic E-state index is 0.286. The van der Waals surface area contributed by atoms with Gasteiger partial charge in [0, 0.05) is 5.41 Å². The molecule has 0 aromatic rings. The minimum absolute atomic E-state index is 0.286. The van der Waals surface area contributed by atoms with E-state index in [1.807, 2.05) is 6.20 Å². The first-order chi connectivity index (χ1) is 7.81. The zero-order valence-electron chi connectivity index (χ0n) is 10.4. The van der Waals surface area contributed by atoms with Crippen LogP contribution in [0, 0.1) is 5.41 Å². The molecule has 0 aromatic carbocycles. The molecule has 2 heteroatoms. The fourth-order valence-corrected chi connectivity index (χ4v) is 2.85. The normalized spacial score (nSPS) is 25.9. The fourth-order valence-electron chi connectivity index (χ4n) is 2.85. The van der Waals surface area contributed by atoms with E-state index < -0.39 is 0 Å². The molecule has 1 heterocycles. The van der Waals surface area contributed by atoms with Gasteiger partial charge in [0.05, 0.1) is 11.9 Å². The summed E-state index contributed by atoms with van der Waals surface area (Å²) >= 11 is 0. The lowest BCUT2D eigenvalue weighted by molar-refractivity contribution is 0.345. The number of hydrogen-bond acceptors (Lipinski definition) is 1. The third kappa shape index (κ3) is 2.87. The Labute approximate surface area is 99.2 Å². The van der Waals surface area contributed by atoms with Crippen molar-refractivity contribution in [3.05, 3.63) is 12.3 Å². The van der Waals surface area contributed by atoms with Crippen molar-refractivity contribution in [2.75, 3.05) is 0 Å². The lowest BCUT2D eigenvalue weighted by Gasteiger charge is -2.29. The zero-order chi connectivity index (χ0) is 11.3. The molecule has 16 heavy (non-hydrogen) atoms. The Hall–Kier alpha value is -0.790. The van der Waals surface area contributed by atoms with Crippen molar-refractivity contribution in [1.29, 1.82) is 0 Å². The molecule has 0 amide bonds. The molecular formula is C14H23N2. The van der Waals surface area contributed by atoms with Gasteiger partial charge in [-0.05, 0) is 18.9 Å². The molecule has 89 valence electrons. The standard InChI is InChI=1S/C14H23N2/c1-14(13-9-12-15-16-13)10-7-5-3-2-4-6-8-11-14/h9,12H,2-8,10-11H2,1H3. The molecule has 1 saturated carbocycles. The summed E-state index contributed by atoms with van der Waals surface area (Å²) in [6, 6.07) is 0. The maximum absolute atomic E-state index is 4.29. The van der Waals surface area contributed by atoms with E-state index in [0.717, 1.165) is 0 Å². The highest BCUT2D eigenvalue weighted by Crippen LogP contribution is 2.35. The lowest BCUT2D eigenvalue weighted by atomic mass is 9.75. The van der Waals surface area contributed by atoms with Gasteiger partial charge in [-0.15, -0.1) is 0 Å². The molecule has 0 atom stereocenters. The van der Waals surface area contributed by atoms with E-state index in [2.05, 4.69) is 23.5 Å². The van der Waals surface area contributed by atoms with Crippen LogP contribution >= 0.6 is 0 Å². The van der Waals surface area contributed by atoms with Crippen LogP contribution in [0.3, 0.4) is 0 Å². The highest BCUT2D eigenvalue weighted by Gasteiger charge is 2.30. The summed E-state index contributed by atoms with van der Waals surface area (Å²) in [6.07, 6.45) is 16.3. The van der Waals surface area contributed by atoms with Crippen LogP contribution in [-0.4, -0.2) is 5.71 Å². The molecule has 1 aliphatic carbocycles. The van der Waals surface area contributed by atoms with Crippen molar-refractivity contribution in [1.82, 2.24) is 5.43 Å². The van der Waals surface area contributed by atoms with Crippen molar-refractivity contribution in [2.45, 2.75) is 64.7 Å². The molecule has 0 unspecified atom stereocenters. The molecule has 1 radical (unpaired) electrons. The van der Waals surface area contributed by atoms with Gasteiger partial charge in [-0.3, -0.25) is 0 Å². The second kappa shape index (κ2) is 5.51. The maximum Gasteiger partial charge on any atom is 0.0705 e. The number of allylic oxidation sites excluding steroid dienone is 1. The molecule has 1 aliphatic heterocycles. The van der Waals surface area contributed by atoms with Gasteiger partial charge in [0.15, 0.2) is 0 Å². The fraction of sp³-hybridized carbons (Fsp3) is 0.786. The van der Waals surface area contributed by atoms with Crippen molar-refractivity contribution >= 4 is 5.71 Å².